The summed E-state index contributed by atoms with van der Waals surface area (Å²) in [6.07, 6.45) is 0.910. The number of nitrogens with zero attached hydrogens (tertiary/aromatic N) is 1. The van der Waals surface area contributed by atoms with Crippen LogP contribution < -0.4 is 10.1 Å². The smallest absolute Gasteiger partial charge is 0.269 e. The van der Waals surface area contributed by atoms with E-state index in [1.807, 2.05) is 19.9 Å². The van der Waals surface area contributed by atoms with E-state index in [2.05, 4.69) is 18.3 Å². The maximum atomic E-state index is 11.9. The summed E-state index contributed by atoms with van der Waals surface area (Å²) in [7, 11) is 0. The second-order valence-electron chi connectivity index (χ2n) is 6.36. The zero-order chi connectivity index (χ0) is 19.1. The van der Waals surface area contributed by atoms with Gasteiger partial charge in [-0.25, -0.2) is 0 Å². The molecule has 6 nitrogen and oxygen atoms in total. The number of hydrogen-bond acceptors (Lipinski definition) is 4. The van der Waals surface area contributed by atoms with Crippen LogP contribution in [0.25, 0.3) is 0 Å². The Morgan fingerprint density at radius 3 is 2.50 bits per heavy atom. The fourth-order valence-corrected chi connectivity index (χ4v) is 2.62. The van der Waals surface area contributed by atoms with E-state index in [1.165, 1.54) is 23.3 Å². The third-order valence-electron chi connectivity index (χ3n) is 4.18. The number of aryl methyl sites for hydroxylation is 2. The number of ether oxygens (including phenoxy) is 1. The zero-order valence-electron chi connectivity index (χ0n) is 15.4. The molecule has 0 saturated heterocycles. The van der Waals surface area contributed by atoms with E-state index in [0.717, 1.165) is 16.9 Å². The van der Waals surface area contributed by atoms with E-state index < -0.39 is 4.92 Å². The highest BCUT2D eigenvalue weighted by molar-refractivity contribution is 5.78. The number of nitrogens with one attached hydrogen (secondary N) is 1. The molecule has 2 aromatic carbocycles. The van der Waals surface area contributed by atoms with Crippen LogP contribution in [-0.2, 0) is 11.2 Å². The van der Waals surface area contributed by atoms with Crippen LogP contribution in [0.1, 0.15) is 28.7 Å². The van der Waals surface area contributed by atoms with Crippen LogP contribution in [0.15, 0.2) is 36.4 Å². The van der Waals surface area contributed by atoms with Gasteiger partial charge in [-0.1, -0.05) is 18.2 Å². The molecule has 0 unspecified atom stereocenters. The van der Waals surface area contributed by atoms with Crippen LogP contribution in [0.2, 0.25) is 0 Å². The minimum absolute atomic E-state index is 0.0213. The molecule has 0 aliphatic carbocycles. The maximum Gasteiger partial charge on any atom is 0.269 e. The summed E-state index contributed by atoms with van der Waals surface area (Å²) < 4.78 is 5.82. The van der Waals surface area contributed by atoms with E-state index in [4.69, 9.17) is 4.74 Å². The molecule has 2 rings (SSSR count). The predicted octanol–water partition coefficient (Wildman–Crippen LogP) is 3.65. The third-order valence-corrected chi connectivity index (χ3v) is 4.18. The van der Waals surface area contributed by atoms with Gasteiger partial charge in [0.25, 0.3) is 5.69 Å². The summed E-state index contributed by atoms with van der Waals surface area (Å²) in [5.41, 5.74) is 4.27. The normalized spacial score (nSPS) is 10.4. The number of nitro benzene ring substituents is 1. The standard InChI is InChI=1S/C20H24N2O4/c1-14-11-15(2)16(3)19(12-14)26-10-4-9-21-20(23)13-17-5-7-18(8-6-17)22(24)25/h5-8,11-12H,4,9-10,13H2,1-3H3,(H,21,23). The number of non-ortho nitro benzene ring substituents is 1. The molecule has 0 spiro atoms. The fourth-order valence-electron chi connectivity index (χ4n) is 2.62. The first kappa shape index (κ1) is 19.4. The van der Waals surface area contributed by atoms with Crippen molar-refractivity contribution in [1.82, 2.24) is 5.32 Å². The highest BCUT2D eigenvalue weighted by Crippen LogP contribution is 2.23. The average molecular weight is 356 g/mol. The van der Waals surface area contributed by atoms with Gasteiger partial charge < -0.3 is 10.1 Å². The molecule has 0 aromatic heterocycles. The Kier molecular flexibility index (Phi) is 6.72. The SMILES string of the molecule is Cc1cc(C)c(C)c(OCCCNC(=O)Cc2ccc([N+](=O)[O-])cc2)c1. The third kappa shape index (κ3) is 5.58. The van der Waals surface area contributed by atoms with E-state index in [9.17, 15) is 14.9 Å². The van der Waals surface area contributed by atoms with E-state index in [-0.39, 0.29) is 18.0 Å². The average Bonchev–Trinajstić information content (AvgIpc) is 2.59. The van der Waals surface area contributed by atoms with Crippen molar-refractivity contribution in [3.8, 4) is 5.75 Å². The Labute approximate surface area is 153 Å². The minimum atomic E-state index is -0.457. The first-order chi connectivity index (χ1) is 12.4. The number of benzene rings is 2. The fraction of sp³-hybridized carbons (Fsp3) is 0.350. The Balaban J connectivity index is 1.71. The quantitative estimate of drug-likeness (QED) is 0.445. The second-order valence-corrected chi connectivity index (χ2v) is 6.36. The molecule has 0 aliphatic rings. The van der Waals surface area contributed by atoms with Gasteiger partial charge in [-0.3, -0.25) is 14.9 Å². The first-order valence-electron chi connectivity index (χ1n) is 8.57. The van der Waals surface area contributed by atoms with Crippen LogP contribution in [0, 0.1) is 30.9 Å². The molecule has 1 amide bonds. The van der Waals surface area contributed by atoms with E-state index in [0.29, 0.717) is 19.6 Å². The molecule has 6 heteroatoms. The van der Waals surface area contributed by atoms with Gasteiger partial charge in [-0.2, -0.15) is 0 Å². The van der Waals surface area contributed by atoms with Crippen LogP contribution in [0.4, 0.5) is 5.69 Å². The number of nitro groups is 1. The lowest BCUT2D eigenvalue weighted by molar-refractivity contribution is -0.384. The summed E-state index contributed by atoms with van der Waals surface area (Å²) in [4.78, 5) is 22.1. The molecule has 26 heavy (non-hydrogen) atoms. The molecule has 0 bridgehead atoms. The Morgan fingerprint density at radius 2 is 1.85 bits per heavy atom. The largest absolute Gasteiger partial charge is 0.493 e. The van der Waals surface area contributed by atoms with Crippen LogP contribution in [0.5, 0.6) is 5.75 Å². The van der Waals surface area contributed by atoms with Crippen molar-refractivity contribution in [3.05, 3.63) is 68.8 Å². The number of hydrogen-bond donors (Lipinski definition) is 1. The Hall–Kier alpha value is -2.89. The minimum Gasteiger partial charge on any atom is -0.493 e. The summed E-state index contributed by atoms with van der Waals surface area (Å²) >= 11 is 0. The predicted molar refractivity (Wildman–Crippen MR) is 101 cm³/mol. The first-order valence-corrected chi connectivity index (χ1v) is 8.57. The lowest BCUT2D eigenvalue weighted by atomic mass is 10.1. The number of amides is 1. The van der Waals surface area contributed by atoms with Crippen LogP contribution >= 0.6 is 0 Å². The summed E-state index contributed by atoms with van der Waals surface area (Å²) in [5, 5.41) is 13.5. The maximum absolute atomic E-state index is 11.9. The number of carbonyl (C=O) groups is 1. The molecule has 0 saturated carbocycles. The van der Waals surface area contributed by atoms with Gasteiger partial charge >= 0.3 is 0 Å². The molecule has 0 heterocycles. The highest BCUT2D eigenvalue weighted by atomic mass is 16.6. The van der Waals surface area contributed by atoms with Crippen LogP contribution in [-0.4, -0.2) is 24.0 Å². The van der Waals surface area contributed by atoms with E-state index >= 15 is 0 Å². The molecule has 0 radical (unpaired) electrons. The molecular formula is C20H24N2O4. The number of carbonyl (C=O) groups excluding carboxylic acids is 1. The van der Waals surface area contributed by atoms with Crippen molar-refractivity contribution >= 4 is 11.6 Å². The van der Waals surface area contributed by atoms with Gasteiger partial charge in [0, 0.05) is 18.7 Å². The van der Waals surface area contributed by atoms with Crippen molar-refractivity contribution in [2.45, 2.75) is 33.6 Å². The van der Waals surface area contributed by atoms with Crippen molar-refractivity contribution < 1.29 is 14.5 Å². The van der Waals surface area contributed by atoms with Crippen molar-refractivity contribution in [1.29, 1.82) is 0 Å². The Bertz CT molecular complexity index is 785. The lowest BCUT2D eigenvalue weighted by Gasteiger charge is -2.12. The molecule has 1 N–H and O–H groups in total. The van der Waals surface area contributed by atoms with Crippen LogP contribution in [0.3, 0.4) is 0 Å². The molecule has 2 aromatic rings. The molecule has 138 valence electrons. The number of rotatable bonds is 8. The van der Waals surface area contributed by atoms with Crippen molar-refractivity contribution in [3.63, 3.8) is 0 Å². The topological polar surface area (TPSA) is 81.5 Å². The van der Waals surface area contributed by atoms with Crippen molar-refractivity contribution in [2.75, 3.05) is 13.2 Å². The molecule has 0 aliphatic heterocycles. The van der Waals surface area contributed by atoms with Gasteiger partial charge in [-0.15, -0.1) is 0 Å². The molecular weight excluding hydrogens is 332 g/mol. The zero-order valence-corrected chi connectivity index (χ0v) is 15.4. The second kappa shape index (κ2) is 8.99. The van der Waals surface area contributed by atoms with Crippen molar-refractivity contribution in [2.24, 2.45) is 0 Å². The summed E-state index contributed by atoms with van der Waals surface area (Å²) in [6, 6.07) is 10.2. The monoisotopic (exact) mass is 356 g/mol. The lowest BCUT2D eigenvalue weighted by Crippen LogP contribution is -2.27. The molecule has 0 atom stereocenters. The molecule has 0 fully saturated rings. The van der Waals surface area contributed by atoms with Gasteiger partial charge in [0.2, 0.25) is 5.91 Å². The van der Waals surface area contributed by atoms with Gasteiger partial charge in [0.15, 0.2) is 0 Å². The highest BCUT2D eigenvalue weighted by Gasteiger charge is 2.07. The Morgan fingerprint density at radius 1 is 1.15 bits per heavy atom. The van der Waals surface area contributed by atoms with Gasteiger partial charge in [0.05, 0.1) is 18.0 Å². The van der Waals surface area contributed by atoms with Gasteiger partial charge in [-0.05, 0) is 55.5 Å². The summed E-state index contributed by atoms with van der Waals surface area (Å²) in [6.45, 7) is 7.19. The summed E-state index contributed by atoms with van der Waals surface area (Å²) in [5.74, 6) is 0.779. The van der Waals surface area contributed by atoms with Gasteiger partial charge in [0.1, 0.15) is 5.75 Å². The van der Waals surface area contributed by atoms with E-state index in [1.54, 1.807) is 12.1 Å².